The van der Waals surface area contributed by atoms with E-state index in [9.17, 15) is 24.6 Å². The number of aromatic hydroxyl groups is 1. The largest absolute Gasteiger partial charge is 0.507 e. The fraction of sp³-hybridized carbons (Fsp3) is 0.258. The lowest BCUT2D eigenvalue weighted by atomic mass is 9.94. The van der Waals surface area contributed by atoms with Crippen molar-refractivity contribution in [3.05, 3.63) is 80.3 Å². The molecule has 2 unspecified atom stereocenters. The van der Waals surface area contributed by atoms with Gasteiger partial charge in [-0.1, -0.05) is 24.0 Å². The van der Waals surface area contributed by atoms with Crippen LogP contribution >= 0.6 is 27.3 Å². The van der Waals surface area contributed by atoms with Crippen molar-refractivity contribution < 1.29 is 48.7 Å². The number of thiazole rings is 1. The number of anilines is 1. The Bertz CT molecular complexity index is 1740. The molecule has 1 aromatic heterocycles. The number of benzene rings is 2. The van der Waals surface area contributed by atoms with Gasteiger partial charge in [0, 0.05) is 18.9 Å². The van der Waals surface area contributed by atoms with Gasteiger partial charge in [-0.15, -0.1) is 0 Å². The molecule has 45 heavy (non-hydrogen) atoms. The molecule has 0 radical (unpaired) electrons. The minimum absolute atomic E-state index is 0.0120. The lowest BCUT2D eigenvalue weighted by Gasteiger charge is -2.24. The SMILES string of the molecule is C=CCOC(=O)c1sc(N2C(=O)C(=O)/C(=C(/O)c3ccc4c(c3)CC(C)O4)C2c2cc(Br)c(O)c(OC)c2)nc1C.CC(=O)O. The molecule has 5 rings (SSSR count). The standard InChI is InChI=1S/C29H25BrN2O8S.C2H4O2/c1-5-8-39-28(37)26-14(3)31-29(41-26)32-22(17-11-18(30)24(34)20(12-17)38-4)21(25(35)27(32)36)23(33)15-6-7-19-16(10-15)9-13(2)40-19;1-2(3)4/h5-7,10-13,22,33-34H,1,8-9H2,2-4H3;1H3,(H,3,4)/b23-21+;. The van der Waals surface area contributed by atoms with Crippen LogP contribution in [0.1, 0.15) is 51.9 Å². The molecule has 2 atom stereocenters. The molecule has 0 saturated carbocycles. The first kappa shape index (κ1) is 33.2. The number of methoxy groups -OCH3 is 1. The summed E-state index contributed by atoms with van der Waals surface area (Å²) >= 11 is 4.18. The number of halogens is 1. The number of ether oxygens (including phenoxy) is 3. The molecule has 3 aromatic rings. The number of phenols is 1. The van der Waals surface area contributed by atoms with E-state index in [0.717, 1.165) is 28.7 Å². The first-order valence-electron chi connectivity index (χ1n) is 13.4. The summed E-state index contributed by atoms with van der Waals surface area (Å²) in [5.41, 5.74) is 1.65. The molecule has 2 aliphatic heterocycles. The van der Waals surface area contributed by atoms with E-state index in [1.807, 2.05) is 6.92 Å². The molecule has 14 heteroatoms. The van der Waals surface area contributed by atoms with Gasteiger partial charge in [-0.25, -0.2) is 9.78 Å². The number of ketones is 1. The summed E-state index contributed by atoms with van der Waals surface area (Å²) in [6.45, 7) is 8.12. The number of rotatable bonds is 7. The van der Waals surface area contributed by atoms with Gasteiger partial charge in [-0.05, 0) is 71.2 Å². The normalized spacial score (nSPS) is 18.0. The molecule has 236 valence electrons. The second-order valence-electron chi connectivity index (χ2n) is 9.99. The Kier molecular flexibility index (Phi) is 9.98. The number of amides is 1. The molecule has 3 heterocycles. The highest BCUT2D eigenvalue weighted by Crippen LogP contribution is 2.47. The third kappa shape index (κ3) is 6.71. The van der Waals surface area contributed by atoms with Gasteiger partial charge in [0.15, 0.2) is 16.6 Å². The molecule has 1 amide bonds. The number of aryl methyl sites for hydroxylation is 1. The summed E-state index contributed by atoms with van der Waals surface area (Å²) in [6, 6.07) is 6.87. The average molecular weight is 702 g/mol. The quantitative estimate of drug-likeness (QED) is 0.0958. The number of phenolic OH excluding ortho intramolecular Hbond substituents is 1. The van der Waals surface area contributed by atoms with E-state index >= 15 is 0 Å². The van der Waals surface area contributed by atoms with Crippen molar-refractivity contribution >= 4 is 61.8 Å². The first-order chi connectivity index (χ1) is 21.3. The highest BCUT2D eigenvalue weighted by molar-refractivity contribution is 9.10. The van der Waals surface area contributed by atoms with Crippen molar-refractivity contribution in [2.75, 3.05) is 18.6 Å². The number of hydrogen-bond acceptors (Lipinski definition) is 11. The van der Waals surface area contributed by atoms with Crippen LogP contribution in [0, 0.1) is 6.92 Å². The van der Waals surface area contributed by atoms with E-state index < -0.39 is 29.7 Å². The van der Waals surface area contributed by atoms with E-state index in [1.165, 1.54) is 25.3 Å². The number of esters is 1. The van der Waals surface area contributed by atoms with Gasteiger partial charge in [0.25, 0.3) is 11.8 Å². The molecule has 12 nitrogen and oxygen atoms in total. The maximum Gasteiger partial charge on any atom is 0.350 e. The summed E-state index contributed by atoms with van der Waals surface area (Å²) in [6.07, 6.45) is 2.02. The van der Waals surface area contributed by atoms with Gasteiger partial charge >= 0.3 is 11.9 Å². The maximum atomic E-state index is 13.6. The summed E-state index contributed by atoms with van der Waals surface area (Å²) < 4.78 is 16.5. The summed E-state index contributed by atoms with van der Waals surface area (Å²) in [7, 11) is 1.36. The number of Topliss-reactive ketones (excluding diaryl/α,β-unsaturated/α-hetero) is 1. The maximum absolute atomic E-state index is 13.6. The van der Waals surface area contributed by atoms with Crippen LogP contribution in [0.5, 0.6) is 17.2 Å². The lowest BCUT2D eigenvalue weighted by molar-refractivity contribution is -0.134. The van der Waals surface area contributed by atoms with Crippen molar-refractivity contribution in [2.45, 2.75) is 39.3 Å². The molecule has 2 aliphatic rings. The van der Waals surface area contributed by atoms with Gasteiger partial charge in [-0.2, -0.15) is 0 Å². The number of aliphatic hydroxyl groups excluding tert-OH is 1. The fourth-order valence-corrected chi connectivity index (χ4v) is 6.30. The minimum atomic E-state index is -1.17. The van der Waals surface area contributed by atoms with Crippen LogP contribution in [-0.2, 0) is 25.5 Å². The Labute approximate surface area is 270 Å². The van der Waals surface area contributed by atoms with Crippen molar-refractivity contribution in [1.82, 2.24) is 4.98 Å². The summed E-state index contributed by atoms with van der Waals surface area (Å²) in [5.74, 6) is -3.18. The van der Waals surface area contributed by atoms with Crippen molar-refractivity contribution in [3.63, 3.8) is 0 Å². The van der Waals surface area contributed by atoms with E-state index in [4.69, 9.17) is 24.1 Å². The molecule has 1 saturated heterocycles. The Hall–Kier alpha value is -4.69. The number of aliphatic carboxylic acids is 1. The zero-order valence-electron chi connectivity index (χ0n) is 24.6. The van der Waals surface area contributed by atoms with Crippen molar-refractivity contribution in [3.8, 4) is 17.2 Å². The lowest BCUT2D eigenvalue weighted by Crippen LogP contribution is -2.29. The number of carbonyl (C=O) groups excluding carboxylic acids is 3. The molecule has 2 aromatic carbocycles. The van der Waals surface area contributed by atoms with Crippen LogP contribution in [0.2, 0.25) is 0 Å². The van der Waals surface area contributed by atoms with E-state index in [-0.39, 0.29) is 50.0 Å². The molecule has 0 spiro atoms. The second kappa shape index (κ2) is 13.5. The van der Waals surface area contributed by atoms with Crippen LogP contribution in [0.3, 0.4) is 0 Å². The Morgan fingerprint density at radius 1 is 1.24 bits per heavy atom. The monoisotopic (exact) mass is 700 g/mol. The van der Waals surface area contributed by atoms with Crippen LogP contribution < -0.4 is 14.4 Å². The zero-order chi connectivity index (χ0) is 33.2. The third-order valence-corrected chi connectivity index (χ3v) is 8.45. The van der Waals surface area contributed by atoms with Gasteiger partial charge in [0.1, 0.15) is 29.1 Å². The number of nitrogens with zero attached hydrogens (tertiary/aromatic N) is 2. The Morgan fingerprint density at radius 3 is 2.58 bits per heavy atom. The number of fused-ring (bicyclic) bond motifs is 1. The number of aliphatic hydroxyl groups is 1. The van der Waals surface area contributed by atoms with Crippen molar-refractivity contribution in [1.29, 1.82) is 0 Å². The van der Waals surface area contributed by atoms with Crippen LogP contribution in [0.25, 0.3) is 5.76 Å². The molecule has 0 bridgehead atoms. The number of aromatic nitrogens is 1. The molecule has 3 N–H and O–H groups in total. The van der Waals surface area contributed by atoms with E-state index in [1.54, 1.807) is 25.1 Å². The minimum Gasteiger partial charge on any atom is -0.507 e. The highest BCUT2D eigenvalue weighted by Gasteiger charge is 2.49. The predicted molar refractivity (Wildman–Crippen MR) is 168 cm³/mol. The number of carboxylic acid groups (broad SMARTS) is 1. The van der Waals surface area contributed by atoms with Crippen LogP contribution in [0.4, 0.5) is 5.13 Å². The molecular formula is C31H29BrN2O10S. The average Bonchev–Trinajstić information content (AvgIpc) is 3.63. The van der Waals surface area contributed by atoms with Crippen LogP contribution in [0.15, 0.2) is 53.0 Å². The van der Waals surface area contributed by atoms with E-state index in [2.05, 4.69) is 27.5 Å². The van der Waals surface area contributed by atoms with Gasteiger partial charge in [0.05, 0.1) is 28.9 Å². The number of carboxylic acids is 1. The van der Waals surface area contributed by atoms with Gasteiger partial charge in [-0.3, -0.25) is 19.3 Å². The van der Waals surface area contributed by atoms with Gasteiger partial charge < -0.3 is 29.5 Å². The first-order valence-corrected chi connectivity index (χ1v) is 15.0. The smallest absolute Gasteiger partial charge is 0.350 e. The molecule has 1 fully saturated rings. The van der Waals surface area contributed by atoms with Crippen LogP contribution in [-0.4, -0.2) is 63.8 Å². The Balaban J connectivity index is 0.00000109. The fourth-order valence-electron chi connectivity index (χ4n) is 4.85. The zero-order valence-corrected chi connectivity index (χ0v) is 27.0. The Morgan fingerprint density at radius 2 is 1.93 bits per heavy atom. The van der Waals surface area contributed by atoms with Gasteiger partial charge in [0.2, 0.25) is 0 Å². The summed E-state index contributed by atoms with van der Waals surface area (Å²) in [4.78, 5) is 54.5. The molecule has 0 aliphatic carbocycles. The summed E-state index contributed by atoms with van der Waals surface area (Å²) in [5, 5.41) is 29.4. The number of carbonyl (C=O) groups is 4. The molecular weight excluding hydrogens is 672 g/mol. The topological polar surface area (TPSA) is 173 Å². The predicted octanol–water partition coefficient (Wildman–Crippen LogP) is 5.31. The van der Waals surface area contributed by atoms with E-state index in [0.29, 0.717) is 29.0 Å². The highest BCUT2D eigenvalue weighted by atomic mass is 79.9. The third-order valence-electron chi connectivity index (χ3n) is 6.71. The second-order valence-corrected chi connectivity index (χ2v) is 11.8. The van der Waals surface area contributed by atoms with Crippen molar-refractivity contribution in [2.24, 2.45) is 0 Å². The number of hydrogen-bond donors (Lipinski definition) is 3.